The molecule has 1 heterocycles. The van der Waals surface area contributed by atoms with Gasteiger partial charge >= 0.3 is 0 Å². The van der Waals surface area contributed by atoms with Gasteiger partial charge in [0.2, 0.25) is 0 Å². The van der Waals surface area contributed by atoms with Crippen LogP contribution in [-0.2, 0) is 0 Å². The van der Waals surface area contributed by atoms with E-state index in [4.69, 9.17) is 0 Å². The van der Waals surface area contributed by atoms with Gasteiger partial charge in [-0.15, -0.1) is 0 Å². The lowest BCUT2D eigenvalue weighted by atomic mass is 9.74. The number of hydrogen-bond donors (Lipinski definition) is 0. The van der Waals surface area contributed by atoms with Crippen LogP contribution < -0.4 is 0 Å². The molecule has 0 N–H and O–H groups in total. The molecule has 0 bridgehead atoms. The summed E-state index contributed by atoms with van der Waals surface area (Å²) in [6.07, 6.45) is 7.62. The summed E-state index contributed by atoms with van der Waals surface area (Å²) in [5, 5.41) is 0. The van der Waals surface area contributed by atoms with E-state index in [1.54, 1.807) is 6.42 Å². The van der Waals surface area contributed by atoms with Gasteiger partial charge in [0.25, 0.3) is 0 Å². The number of rotatable bonds is 1. The van der Waals surface area contributed by atoms with E-state index in [9.17, 15) is 0 Å². The predicted molar refractivity (Wildman–Crippen MR) is 54.6 cm³/mol. The Morgan fingerprint density at radius 3 is 2.92 bits per heavy atom. The van der Waals surface area contributed by atoms with E-state index in [1.165, 1.54) is 32.2 Å². The van der Waals surface area contributed by atoms with Crippen LogP contribution in [-0.4, -0.2) is 23.5 Å². The standard InChI is InChI=1S/C12H21N/c1-3-13-9(2)10-6-4-5-7-12(10)8-11(12)13/h9-11H,3-8H2,1-2H3. The van der Waals surface area contributed by atoms with Gasteiger partial charge in [0, 0.05) is 12.1 Å². The second kappa shape index (κ2) is 2.50. The van der Waals surface area contributed by atoms with E-state index < -0.39 is 0 Å². The first-order valence-electron chi connectivity index (χ1n) is 6.05. The van der Waals surface area contributed by atoms with Crippen molar-refractivity contribution in [2.45, 2.75) is 58.0 Å². The van der Waals surface area contributed by atoms with Gasteiger partial charge < -0.3 is 0 Å². The molecule has 3 rings (SSSR count). The highest BCUT2D eigenvalue weighted by Crippen LogP contribution is 2.68. The fourth-order valence-electron chi connectivity index (χ4n) is 4.45. The molecule has 3 aliphatic rings. The van der Waals surface area contributed by atoms with E-state index in [2.05, 4.69) is 18.7 Å². The lowest BCUT2D eigenvalue weighted by molar-refractivity contribution is 0.169. The Hall–Kier alpha value is -0.0400. The van der Waals surface area contributed by atoms with Gasteiger partial charge in [0.1, 0.15) is 0 Å². The normalized spacial score (nSPS) is 54.5. The fourth-order valence-corrected chi connectivity index (χ4v) is 4.45. The highest BCUT2D eigenvalue weighted by atomic mass is 15.3. The van der Waals surface area contributed by atoms with Crippen LogP contribution in [0.1, 0.15) is 46.0 Å². The van der Waals surface area contributed by atoms with E-state index >= 15 is 0 Å². The van der Waals surface area contributed by atoms with Crippen molar-refractivity contribution >= 4 is 0 Å². The Balaban J connectivity index is 1.88. The smallest absolute Gasteiger partial charge is 0.0164 e. The van der Waals surface area contributed by atoms with Crippen LogP contribution in [0.3, 0.4) is 0 Å². The number of piperidine rings is 1. The zero-order valence-electron chi connectivity index (χ0n) is 8.92. The van der Waals surface area contributed by atoms with Gasteiger partial charge in [-0.05, 0) is 44.1 Å². The van der Waals surface area contributed by atoms with E-state index in [1.807, 2.05) is 0 Å². The van der Waals surface area contributed by atoms with Crippen molar-refractivity contribution in [1.82, 2.24) is 4.90 Å². The summed E-state index contributed by atoms with van der Waals surface area (Å²) in [6.45, 7) is 6.08. The number of likely N-dealkylation sites (tertiary alicyclic amines) is 1. The van der Waals surface area contributed by atoms with Gasteiger partial charge in [-0.2, -0.15) is 0 Å². The molecule has 0 radical (unpaired) electrons. The largest absolute Gasteiger partial charge is 0.297 e. The Labute approximate surface area is 81.5 Å². The van der Waals surface area contributed by atoms with Crippen LogP contribution >= 0.6 is 0 Å². The van der Waals surface area contributed by atoms with Gasteiger partial charge in [-0.3, -0.25) is 4.90 Å². The van der Waals surface area contributed by atoms with Crippen molar-refractivity contribution in [1.29, 1.82) is 0 Å². The average molecular weight is 179 g/mol. The maximum absolute atomic E-state index is 2.77. The van der Waals surface area contributed by atoms with E-state index in [-0.39, 0.29) is 0 Å². The van der Waals surface area contributed by atoms with Crippen LogP contribution in [0.25, 0.3) is 0 Å². The second-order valence-electron chi connectivity index (χ2n) is 5.38. The summed E-state index contributed by atoms with van der Waals surface area (Å²) >= 11 is 0. The second-order valence-corrected chi connectivity index (χ2v) is 5.38. The first-order valence-corrected chi connectivity index (χ1v) is 6.05. The molecule has 1 heteroatoms. The summed E-state index contributed by atoms with van der Waals surface area (Å²) in [5.41, 5.74) is 0.827. The first-order chi connectivity index (χ1) is 6.29. The maximum Gasteiger partial charge on any atom is 0.0164 e. The topological polar surface area (TPSA) is 3.24 Å². The molecule has 74 valence electrons. The Morgan fingerprint density at radius 2 is 2.23 bits per heavy atom. The highest BCUT2D eigenvalue weighted by Gasteiger charge is 2.68. The number of hydrogen-bond acceptors (Lipinski definition) is 1. The molecule has 1 nitrogen and oxygen atoms in total. The van der Waals surface area contributed by atoms with Crippen LogP contribution in [0.2, 0.25) is 0 Å². The molecule has 0 aromatic heterocycles. The summed E-state index contributed by atoms with van der Waals surface area (Å²) < 4.78 is 0. The minimum absolute atomic E-state index is 0.827. The molecule has 4 atom stereocenters. The monoisotopic (exact) mass is 179 g/mol. The fraction of sp³-hybridized carbons (Fsp3) is 1.00. The lowest BCUT2D eigenvalue weighted by Crippen LogP contribution is -2.35. The lowest BCUT2D eigenvalue weighted by Gasteiger charge is -2.33. The van der Waals surface area contributed by atoms with Crippen LogP contribution in [0.15, 0.2) is 0 Å². The molecule has 13 heavy (non-hydrogen) atoms. The zero-order chi connectivity index (χ0) is 9.05. The Morgan fingerprint density at radius 1 is 1.38 bits per heavy atom. The maximum atomic E-state index is 2.77. The van der Waals surface area contributed by atoms with Crippen molar-refractivity contribution in [3.8, 4) is 0 Å². The SMILES string of the molecule is CCN1C(C)C2CCCCC23CC13. The quantitative estimate of drug-likeness (QED) is 0.598. The summed E-state index contributed by atoms with van der Waals surface area (Å²) in [6, 6.07) is 1.89. The van der Waals surface area contributed by atoms with Crippen molar-refractivity contribution in [3.05, 3.63) is 0 Å². The first kappa shape index (κ1) is 8.28. The third kappa shape index (κ3) is 0.869. The third-order valence-electron chi connectivity index (χ3n) is 5.09. The predicted octanol–water partition coefficient (Wildman–Crippen LogP) is 2.66. The van der Waals surface area contributed by atoms with Gasteiger partial charge in [0.15, 0.2) is 0 Å². The Bertz CT molecular complexity index is 223. The van der Waals surface area contributed by atoms with Crippen LogP contribution in [0, 0.1) is 11.3 Å². The molecule has 1 saturated heterocycles. The average Bonchev–Trinajstić information content (AvgIpc) is 2.76. The van der Waals surface area contributed by atoms with Crippen molar-refractivity contribution in [3.63, 3.8) is 0 Å². The molecule has 0 aromatic rings. The molecule has 1 aliphatic heterocycles. The van der Waals surface area contributed by atoms with Crippen LogP contribution in [0.5, 0.6) is 0 Å². The van der Waals surface area contributed by atoms with Gasteiger partial charge in [-0.1, -0.05) is 19.8 Å². The molecule has 3 fully saturated rings. The molecule has 4 unspecified atom stereocenters. The molecule has 1 spiro atoms. The van der Waals surface area contributed by atoms with Crippen molar-refractivity contribution in [2.75, 3.05) is 6.54 Å². The molecular weight excluding hydrogens is 158 g/mol. The van der Waals surface area contributed by atoms with Crippen LogP contribution in [0.4, 0.5) is 0 Å². The van der Waals surface area contributed by atoms with E-state index in [0.717, 1.165) is 23.4 Å². The molecule has 0 aromatic carbocycles. The molecular formula is C12H21N. The van der Waals surface area contributed by atoms with Crippen molar-refractivity contribution in [2.24, 2.45) is 11.3 Å². The zero-order valence-corrected chi connectivity index (χ0v) is 8.92. The third-order valence-corrected chi connectivity index (χ3v) is 5.09. The van der Waals surface area contributed by atoms with E-state index in [0.29, 0.717) is 0 Å². The molecule has 2 saturated carbocycles. The van der Waals surface area contributed by atoms with Gasteiger partial charge in [0.05, 0.1) is 0 Å². The summed E-state index contributed by atoms with van der Waals surface area (Å²) in [7, 11) is 0. The minimum Gasteiger partial charge on any atom is -0.297 e. The molecule has 0 amide bonds. The summed E-state index contributed by atoms with van der Waals surface area (Å²) in [4.78, 5) is 2.77. The molecule has 2 aliphatic carbocycles. The Kier molecular flexibility index (Phi) is 1.59. The van der Waals surface area contributed by atoms with Crippen molar-refractivity contribution < 1.29 is 0 Å². The number of nitrogens with zero attached hydrogens (tertiary/aromatic N) is 1. The minimum atomic E-state index is 0.827. The summed E-state index contributed by atoms with van der Waals surface area (Å²) in [5.74, 6) is 1.06. The highest BCUT2D eigenvalue weighted by molar-refractivity contribution is 5.20. The van der Waals surface area contributed by atoms with Gasteiger partial charge in [-0.25, -0.2) is 0 Å².